The maximum absolute atomic E-state index is 13.0. The van der Waals surface area contributed by atoms with Crippen LogP contribution >= 0.6 is 15.9 Å². The number of ether oxygens (including phenoxy) is 1. The molecule has 0 aromatic carbocycles. The lowest BCUT2D eigenvalue weighted by Crippen LogP contribution is -2.56. The molecule has 4 heteroatoms. The molecule has 154 valence electrons. The fourth-order valence-electron chi connectivity index (χ4n) is 7.68. The number of carbonyl (C=O) groups is 1. The van der Waals surface area contributed by atoms with Crippen LogP contribution in [0.5, 0.6) is 0 Å². The predicted octanol–water partition coefficient (Wildman–Crippen LogP) is 4.99. The summed E-state index contributed by atoms with van der Waals surface area (Å²) in [7, 11) is -2.95. The normalized spacial score (nSPS) is 60.6. The molecule has 27 heavy (non-hydrogen) atoms. The highest BCUT2D eigenvalue weighted by Crippen LogP contribution is 2.68. The molecule has 0 aromatic heterocycles. The van der Waals surface area contributed by atoms with Crippen LogP contribution in [0.2, 0.25) is 0 Å². The minimum absolute atomic E-state index is 0.0163. The van der Waals surface area contributed by atoms with Gasteiger partial charge in [-0.15, -0.1) is 0 Å². The molecule has 1 N–H and O–H groups in total. The summed E-state index contributed by atoms with van der Waals surface area (Å²) in [6.45, 7) is 1.52. The van der Waals surface area contributed by atoms with E-state index in [1.54, 1.807) is 0 Å². The van der Waals surface area contributed by atoms with Crippen LogP contribution in [0.1, 0.15) is 82.6 Å². The minimum atomic E-state index is -2.95. The van der Waals surface area contributed by atoms with Gasteiger partial charge < -0.3 is 9.84 Å². The maximum atomic E-state index is 13.0. The highest BCUT2D eigenvalue weighted by atomic mass is 79.9. The lowest BCUT2D eigenvalue weighted by molar-refractivity contribution is -0.163. The van der Waals surface area contributed by atoms with E-state index in [-0.39, 0.29) is 36.0 Å². The number of halogens is 1. The number of Topliss-reactive ketones (excluding diaryl/α,β-unsaturated/α-hetero) is 1. The number of methoxy groups -OCH3 is 1. The van der Waals surface area contributed by atoms with Crippen molar-refractivity contribution in [2.75, 3.05) is 18.9 Å². The van der Waals surface area contributed by atoms with Gasteiger partial charge in [0.25, 0.3) is 0 Å². The summed E-state index contributed by atoms with van der Waals surface area (Å²) in [5, 5.41) is 9.03. The average Bonchev–Trinajstić information content (AvgIpc) is 2.97. The number of hydrogen-bond acceptors (Lipinski definition) is 3. The van der Waals surface area contributed by atoms with Crippen molar-refractivity contribution < 1.29 is 25.6 Å². The van der Waals surface area contributed by atoms with E-state index >= 15 is 0 Å². The van der Waals surface area contributed by atoms with Crippen molar-refractivity contribution >= 4 is 21.7 Å². The van der Waals surface area contributed by atoms with Crippen molar-refractivity contribution in [2.24, 2.45) is 40.4 Å². The highest BCUT2D eigenvalue weighted by Gasteiger charge is 2.61. The van der Waals surface area contributed by atoms with Crippen molar-refractivity contribution in [3.8, 4) is 0 Å². The van der Waals surface area contributed by atoms with Gasteiger partial charge >= 0.3 is 0 Å². The van der Waals surface area contributed by atoms with Crippen molar-refractivity contribution in [1.29, 1.82) is 0 Å². The topological polar surface area (TPSA) is 46.5 Å². The molecule has 4 rings (SSSR count). The molecule has 0 aliphatic heterocycles. The Morgan fingerprint density at radius 1 is 1.19 bits per heavy atom. The maximum Gasteiger partial charge on any atom is 0.147 e. The predicted molar refractivity (Wildman–Crippen MR) is 111 cm³/mol. The summed E-state index contributed by atoms with van der Waals surface area (Å²) in [5.41, 5.74) is -2.64. The van der Waals surface area contributed by atoms with Gasteiger partial charge in [0.15, 0.2) is 0 Å². The number of fused-ring (bicyclic) bond motifs is 5. The van der Waals surface area contributed by atoms with Crippen molar-refractivity contribution in [2.45, 2.75) is 77.2 Å². The van der Waals surface area contributed by atoms with E-state index in [4.69, 9.17) is 15.7 Å². The summed E-state index contributed by atoms with van der Waals surface area (Å²) in [6, 6.07) is 0. The van der Waals surface area contributed by atoms with Gasteiger partial charge in [0.05, 0.1) is 24.3 Å². The fourth-order valence-corrected chi connectivity index (χ4v) is 7.92. The molecule has 4 fully saturated rings. The largest absolute Gasteiger partial charge is 0.387 e. The molecule has 0 radical (unpaired) electrons. The number of alkyl halides is 1. The third-order valence-electron chi connectivity index (χ3n) is 9.11. The molecule has 0 saturated heterocycles. The first-order valence-electron chi connectivity index (χ1n) is 14.4. The summed E-state index contributed by atoms with van der Waals surface area (Å²) >= 11 is 2.86. The first-order valence-corrected chi connectivity index (χ1v) is 11.2. The first-order chi connectivity index (χ1) is 15.7. The Morgan fingerprint density at radius 3 is 2.70 bits per heavy atom. The van der Waals surface area contributed by atoms with Crippen LogP contribution in [0.15, 0.2) is 0 Å². The second kappa shape index (κ2) is 7.09. The summed E-state index contributed by atoms with van der Waals surface area (Å²) in [6.07, 6.45) is 4.94. The summed E-state index contributed by atoms with van der Waals surface area (Å²) < 4.78 is 68.1. The smallest absolute Gasteiger partial charge is 0.147 e. The third kappa shape index (κ3) is 3.08. The molecule has 0 bridgehead atoms. The number of hydrogen-bond donors (Lipinski definition) is 1. The van der Waals surface area contributed by atoms with Crippen molar-refractivity contribution in [1.82, 2.24) is 0 Å². The van der Waals surface area contributed by atoms with Crippen LogP contribution in [0, 0.1) is 40.4 Å². The highest BCUT2D eigenvalue weighted by molar-refractivity contribution is 9.09. The second-order valence-electron chi connectivity index (χ2n) is 9.99. The molecule has 0 aromatic rings. The first kappa shape index (κ1) is 12.7. The van der Waals surface area contributed by atoms with E-state index < -0.39 is 41.6 Å². The number of aliphatic hydroxyl groups is 1. The van der Waals surface area contributed by atoms with Gasteiger partial charge in [-0.25, -0.2) is 0 Å². The van der Waals surface area contributed by atoms with Gasteiger partial charge in [-0.05, 0) is 92.3 Å². The zero-order valence-corrected chi connectivity index (χ0v) is 17.9. The van der Waals surface area contributed by atoms with Gasteiger partial charge in [-0.2, -0.15) is 0 Å². The monoisotopic (exact) mass is 448 g/mol. The third-order valence-corrected chi connectivity index (χ3v) is 9.47. The number of rotatable bonds is 4. The minimum Gasteiger partial charge on any atom is -0.387 e. The van der Waals surface area contributed by atoms with E-state index in [2.05, 4.69) is 22.9 Å². The average molecular weight is 449 g/mol. The van der Waals surface area contributed by atoms with Gasteiger partial charge in [0.1, 0.15) is 5.78 Å². The lowest BCUT2D eigenvalue weighted by atomic mass is 9.44. The second-order valence-corrected chi connectivity index (χ2v) is 10.4. The van der Waals surface area contributed by atoms with E-state index in [1.807, 2.05) is 6.92 Å². The van der Waals surface area contributed by atoms with Crippen molar-refractivity contribution in [3.63, 3.8) is 0 Å². The van der Waals surface area contributed by atoms with Crippen LogP contribution in [0.25, 0.3) is 0 Å². The van der Waals surface area contributed by atoms with E-state index in [9.17, 15) is 9.90 Å². The molecule has 4 saturated carbocycles. The molecule has 0 amide bonds. The zero-order chi connectivity index (χ0) is 26.5. The Labute approximate surface area is 184 Å². The lowest BCUT2D eigenvalue weighted by Gasteiger charge is -2.62. The van der Waals surface area contributed by atoms with Crippen LogP contribution in [0.4, 0.5) is 0 Å². The Morgan fingerprint density at radius 2 is 1.96 bits per heavy atom. The molecular formula is C23H37BrO3. The Kier molecular flexibility index (Phi) is 3.33. The summed E-state index contributed by atoms with van der Waals surface area (Å²) in [4.78, 5) is 13.0. The Balaban J connectivity index is 1.57. The van der Waals surface area contributed by atoms with E-state index in [1.165, 1.54) is 0 Å². The van der Waals surface area contributed by atoms with Crippen LogP contribution < -0.4 is 0 Å². The molecule has 4 aliphatic carbocycles. The van der Waals surface area contributed by atoms with E-state index in [0.717, 1.165) is 25.7 Å². The molecule has 3 nitrogen and oxygen atoms in total. The Hall–Kier alpha value is 0.0700. The molecule has 0 heterocycles. The SMILES string of the molecule is [2H]C([2H])([2H])OC([2H])([2H])[C@@]1(O)CC[C@@]2(C)[C@@H](CC[C@@H]3[C@@H]2CC[C@@]2(C)[C@H]3CC[C@]2([2H])C(=O)C([2H])([2H])Br)C1. The summed E-state index contributed by atoms with van der Waals surface area (Å²) in [5.74, 6) is -1.41. The fraction of sp³-hybridized carbons (Fsp3) is 0.957. The van der Waals surface area contributed by atoms with E-state index in [0.29, 0.717) is 25.2 Å². The van der Waals surface area contributed by atoms with Gasteiger partial charge in [0.2, 0.25) is 0 Å². The quantitative estimate of drug-likeness (QED) is 0.616. The molecule has 0 spiro atoms. The van der Waals surface area contributed by atoms with Crippen molar-refractivity contribution in [3.05, 3.63) is 0 Å². The Bertz CT molecular complexity index is 878. The van der Waals surface area contributed by atoms with Gasteiger partial charge in [-0.1, -0.05) is 29.8 Å². The standard InChI is InChI=1S/C23H37BrO3/c1-21-10-11-23(26,14-27-3)12-15(21)4-5-16-17-6-7-19(20(25)13-24)22(17,2)9-8-18(16)21/h15-19,26H,4-14H2,1-3H3/t15-,16-,17-,18-,19+,21-,22-,23+/m0/s1/i3D3,13D2,14D2,19D. The van der Waals surface area contributed by atoms with Crippen LogP contribution in [-0.2, 0) is 9.53 Å². The van der Waals surface area contributed by atoms with Gasteiger partial charge in [-0.3, -0.25) is 4.79 Å². The van der Waals surface area contributed by atoms with Crippen LogP contribution in [-0.4, -0.2) is 35.4 Å². The number of ketones is 1. The molecule has 4 aliphatic rings. The molecule has 8 atom stereocenters. The number of carbonyl (C=O) groups excluding carboxylic acids is 1. The zero-order valence-electron chi connectivity index (χ0n) is 24.3. The molecular weight excluding hydrogens is 404 g/mol. The molecule has 0 unspecified atom stereocenters. The van der Waals surface area contributed by atoms with Crippen LogP contribution in [0.3, 0.4) is 0 Å². The van der Waals surface area contributed by atoms with Gasteiger partial charge in [0, 0.05) is 17.0 Å².